The standard InChI is InChI=1S/C69H98O13/c1-5-7-9-11-13-15-17-19-21-25-45-76-59-37-29-55(30-38-59)57-33-41-61(42-34-57)78-51-47-74-49-53-80-65(70)67-63-27-23-24-28-64(63)68(82-67,69(67,72-3)73-4)66(71)81-54-50-75-48-52-79-62-43-35-58(36-44-62)56-31-39-60(40-32-56)77-46-26-22-20-18-16-14-12-10-8-6-2/h29-44,63-64H,5-28,45-54H2,1-4H3/t63?,64?,67-,68+. The highest BCUT2D eigenvalue weighted by atomic mass is 16.8. The number of carbonyl (C=O) groups is 2. The van der Waals surface area contributed by atoms with Gasteiger partial charge in [-0.1, -0.05) is 191 Å². The maximum atomic E-state index is 14.2. The van der Waals surface area contributed by atoms with Gasteiger partial charge in [0.25, 0.3) is 0 Å². The Morgan fingerprint density at radius 1 is 0.378 bits per heavy atom. The van der Waals surface area contributed by atoms with Crippen molar-refractivity contribution in [1.82, 2.24) is 0 Å². The lowest BCUT2D eigenvalue weighted by Crippen LogP contribution is -2.84. The van der Waals surface area contributed by atoms with Gasteiger partial charge in [-0.2, -0.15) is 0 Å². The minimum atomic E-state index is -1.74. The summed E-state index contributed by atoms with van der Waals surface area (Å²) in [5.74, 6) is -0.523. The molecule has 2 aliphatic carbocycles. The SMILES string of the molecule is CCCCCCCCCCCCOc1ccc(-c2ccc(OCCOCCOC(=O)[C@@]34O[C@@](C(=O)OCCOCCOc5ccc(-c6ccc(OCCCCCCCCCCCC)cc6)cc5)(C5CCCCC53)C4(OC)OC)cc2)cc1. The molecule has 2 bridgehead atoms. The molecule has 0 N–H and O–H groups in total. The summed E-state index contributed by atoms with van der Waals surface area (Å²) in [5, 5.41) is 0. The maximum Gasteiger partial charge on any atom is 0.344 e. The molecule has 2 heterocycles. The number of methoxy groups -OCH3 is 2. The molecule has 4 fully saturated rings. The van der Waals surface area contributed by atoms with Crippen LogP contribution in [-0.2, 0) is 42.7 Å². The van der Waals surface area contributed by atoms with Gasteiger partial charge in [0.15, 0.2) is 0 Å². The highest BCUT2D eigenvalue weighted by Gasteiger charge is 2.96. The molecular weight excluding hydrogens is 1040 g/mol. The van der Waals surface area contributed by atoms with Crippen molar-refractivity contribution in [3.8, 4) is 45.3 Å². The minimum Gasteiger partial charge on any atom is -0.494 e. The summed E-state index contributed by atoms with van der Waals surface area (Å²) in [5.41, 5.74) is 1.10. The number of esters is 2. The van der Waals surface area contributed by atoms with Crippen molar-refractivity contribution in [2.45, 2.75) is 185 Å². The molecule has 4 aliphatic rings. The van der Waals surface area contributed by atoms with Gasteiger partial charge in [0.05, 0.1) is 39.6 Å². The predicted molar refractivity (Wildman–Crippen MR) is 322 cm³/mol. The second-order valence-corrected chi connectivity index (χ2v) is 22.4. The van der Waals surface area contributed by atoms with Gasteiger partial charge in [0, 0.05) is 26.1 Å². The fraction of sp³-hybridized carbons (Fsp3) is 0.623. The third-order valence-corrected chi connectivity index (χ3v) is 16.8. The average Bonchev–Trinajstić information content (AvgIpc) is 1.46. The number of rotatable bonds is 44. The first-order valence-corrected chi connectivity index (χ1v) is 31.6. The minimum absolute atomic E-state index is 0.0311. The van der Waals surface area contributed by atoms with Gasteiger partial charge < -0.3 is 52.1 Å². The highest BCUT2D eigenvalue weighted by molar-refractivity contribution is 5.94. The van der Waals surface area contributed by atoms with Crippen LogP contribution in [0.5, 0.6) is 23.0 Å². The summed E-state index contributed by atoms with van der Waals surface area (Å²) >= 11 is 0. The Hall–Kier alpha value is -5.18. The van der Waals surface area contributed by atoms with Crippen LogP contribution in [0.4, 0.5) is 0 Å². The predicted octanol–water partition coefficient (Wildman–Crippen LogP) is 15.5. The summed E-state index contributed by atoms with van der Waals surface area (Å²) in [6, 6.07) is 32.4. The van der Waals surface area contributed by atoms with Crippen LogP contribution in [0.3, 0.4) is 0 Å². The van der Waals surface area contributed by atoms with E-state index in [4.69, 9.17) is 52.1 Å². The molecule has 2 unspecified atom stereocenters. The normalized spacial score (nSPS) is 19.5. The van der Waals surface area contributed by atoms with Crippen LogP contribution in [0, 0.1) is 11.8 Å². The van der Waals surface area contributed by atoms with Gasteiger partial charge in [0.1, 0.15) is 49.4 Å². The molecule has 0 amide bonds. The first-order chi connectivity index (χ1) is 40.4. The maximum absolute atomic E-state index is 14.2. The van der Waals surface area contributed by atoms with E-state index >= 15 is 0 Å². The van der Waals surface area contributed by atoms with Crippen LogP contribution in [0.2, 0.25) is 0 Å². The Kier molecular flexibility index (Phi) is 27.6. The van der Waals surface area contributed by atoms with Crippen LogP contribution >= 0.6 is 0 Å². The molecule has 82 heavy (non-hydrogen) atoms. The van der Waals surface area contributed by atoms with E-state index in [0.717, 1.165) is 84.1 Å². The molecule has 452 valence electrons. The zero-order chi connectivity index (χ0) is 57.6. The van der Waals surface area contributed by atoms with E-state index in [1.54, 1.807) is 0 Å². The molecule has 2 saturated carbocycles. The molecule has 4 aromatic carbocycles. The molecule has 13 heteroatoms. The van der Waals surface area contributed by atoms with Gasteiger partial charge in [-0.15, -0.1) is 0 Å². The van der Waals surface area contributed by atoms with Crippen molar-refractivity contribution in [1.29, 1.82) is 0 Å². The second-order valence-electron chi connectivity index (χ2n) is 22.4. The second kappa shape index (κ2) is 35.2. The van der Waals surface area contributed by atoms with Gasteiger partial charge in [-0.25, -0.2) is 9.59 Å². The quantitative estimate of drug-likeness (QED) is 0.0236. The van der Waals surface area contributed by atoms with Gasteiger partial charge >= 0.3 is 11.9 Å². The van der Waals surface area contributed by atoms with Crippen molar-refractivity contribution in [2.24, 2.45) is 11.8 Å². The van der Waals surface area contributed by atoms with Crippen molar-refractivity contribution >= 4 is 11.9 Å². The number of benzene rings is 4. The molecule has 13 nitrogen and oxygen atoms in total. The van der Waals surface area contributed by atoms with E-state index in [2.05, 4.69) is 38.1 Å². The molecule has 0 spiro atoms. The van der Waals surface area contributed by atoms with Crippen LogP contribution in [0.15, 0.2) is 97.1 Å². The largest absolute Gasteiger partial charge is 0.494 e. The number of ether oxygens (including phenoxy) is 11. The van der Waals surface area contributed by atoms with Crippen LogP contribution < -0.4 is 18.9 Å². The lowest BCUT2D eigenvalue weighted by atomic mass is 9.76. The summed E-state index contributed by atoms with van der Waals surface area (Å²) in [6.45, 7) is 7.46. The van der Waals surface area contributed by atoms with Crippen molar-refractivity contribution in [3.63, 3.8) is 0 Å². The lowest BCUT2D eigenvalue weighted by Gasteiger charge is -2.58. The Balaban J connectivity index is 0.748. The van der Waals surface area contributed by atoms with Crippen molar-refractivity contribution in [2.75, 3.05) is 80.3 Å². The number of hydrogen-bond donors (Lipinski definition) is 0. The Labute approximate surface area is 491 Å². The Bertz CT molecular complexity index is 2230. The smallest absolute Gasteiger partial charge is 0.344 e. The first kappa shape index (κ1) is 64.4. The van der Waals surface area contributed by atoms with Crippen molar-refractivity contribution < 1.29 is 61.7 Å². The highest BCUT2D eigenvalue weighted by Crippen LogP contribution is 2.73. The number of carbonyl (C=O) groups excluding carboxylic acids is 2. The van der Waals surface area contributed by atoms with E-state index in [0.29, 0.717) is 26.1 Å². The third-order valence-electron chi connectivity index (χ3n) is 16.8. The molecule has 2 saturated heterocycles. The van der Waals surface area contributed by atoms with E-state index in [9.17, 15) is 9.59 Å². The monoisotopic (exact) mass is 1130 g/mol. The summed E-state index contributed by atoms with van der Waals surface area (Å²) in [6.07, 6.45) is 29.2. The van der Waals surface area contributed by atoms with E-state index < -0.39 is 28.9 Å². The third kappa shape index (κ3) is 17.2. The fourth-order valence-corrected chi connectivity index (χ4v) is 12.5. The van der Waals surface area contributed by atoms with Gasteiger partial charge in [-0.05, 0) is 96.5 Å². The average molecular weight is 1140 g/mol. The number of hydrogen-bond acceptors (Lipinski definition) is 13. The van der Waals surface area contributed by atoms with E-state index in [1.165, 1.54) is 130 Å². The zero-order valence-corrected chi connectivity index (χ0v) is 50.2. The summed E-state index contributed by atoms with van der Waals surface area (Å²) < 4.78 is 65.8. The van der Waals surface area contributed by atoms with Crippen LogP contribution in [0.25, 0.3) is 22.3 Å². The topological polar surface area (TPSA) is 136 Å². The van der Waals surface area contributed by atoms with E-state index in [1.807, 2.05) is 72.8 Å². The summed E-state index contributed by atoms with van der Waals surface area (Å²) in [4.78, 5) is 28.3. The zero-order valence-electron chi connectivity index (χ0n) is 50.2. The Morgan fingerprint density at radius 3 is 0.963 bits per heavy atom. The molecule has 4 aromatic rings. The van der Waals surface area contributed by atoms with Gasteiger partial charge in [0.2, 0.25) is 17.0 Å². The molecule has 2 aliphatic heterocycles. The van der Waals surface area contributed by atoms with E-state index in [-0.39, 0.29) is 51.5 Å². The molecule has 8 rings (SSSR count). The Morgan fingerprint density at radius 2 is 0.659 bits per heavy atom. The number of unbranched alkanes of at least 4 members (excludes halogenated alkanes) is 18. The fourth-order valence-electron chi connectivity index (χ4n) is 12.5. The summed E-state index contributed by atoms with van der Waals surface area (Å²) in [7, 11) is 2.86. The molecule has 4 atom stereocenters. The van der Waals surface area contributed by atoms with Crippen LogP contribution in [0.1, 0.15) is 168 Å². The van der Waals surface area contributed by atoms with Gasteiger partial charge in [-0.3, -0.25) is 0 Å². The van der Waals surface area contributed by atoms with Crippen LogP contribution in [-0.4, -0.2) is 109 Å². The van der Waals surface area contributed by atoms with Crippen molar-refractivity contribution in [3.05, 3.63) is 97.1 Å². The molecule has 0 aromatic heterocycles. The molecular formula is C69H98O13. The lowest BCUT2D eigenvalue weighted by molar-refractivity contribution is -0.446. The first-order valence-electron chi connectivity index (χ1n) is 31.6. The molecule has 0 radical (unpaired) electrons.